The highest BCUT2D eigenvalue weighted by atomic mass is 79.9. The minimum absolute atomic E-state index is 0.0594. The number of carbonyl (C=O) groups excluding carboxylic acids is 1. The van der Waals surface area contributed by atoms with E-state index in [0.717, 1.165) is 11.9 Å². The molecular weight excluding hydrogens is 294 g/mol. The Kier molecular flexibility index (Phi) is 4.69. The molecule has 0 atom stereocenters. The van der Waals surface area contributed by atoms with Crippen LogP contribution >= 0.6 is 15.9 Å². The molecule has 4 nitrogen and oxygen atoms in total. The Morgan fingerprint density at radius 1 is 1.33 bits per heavy atom. The van der Waals surface area contributed by atoms with E-state index in [2.05, 4.69) is 31.4 Å². The summed E-state index contributed by atoms with van der Waals surface area (Å²) in [6.45, 7) is 0.736. The van der Waals surface area contributed by atoms with Gasteiger partial charge in [-0.25, -0.2) is 0 Å². The van der Waals surface area contributed by atoms with E-state index in [-0.39, 0.29) is 11.3 Å². The molecule has 0 aromatic carbocycles. The van der Waals surface area contributed by atoms with Gasteiger partial charge in [0.1, 0.15) is 0 Å². The van der Waals surface area contributed by atoms with Gasteiger partial charge in [0, 0.05) is 11.9 Å². The first kappa shape index (κ1) is 13.5. The normalized spacial score (nSPS) is 18.3. The number of halogens is 1. The van der Waals surface area contributed by atoms with Gasteiger partial charge in [0.15, 0.2) is 0 Å². The van der Waals surface area contributed by atoms with Gasteiger partial charge in [0.2, 0.25) is 0 Å². The molecular formula is C13H18BrN3O. The summed E-state index contributed by atoms with van der Waals surface area (Å²) < 4.78 is 0. The van der Waals surface area contributed by atoms with Gasteiger partial charge >= 0.3 is 0 Å². The Bertz CT molecular complexity index is 390. The Labute approximate surface area is 116 Å². The second-order valence-electron chi connectivity index (χ2n) is 5.01. The molecule has 0 bridgehead atoms. The Morgan fingerprint density at radius 3 is 2.72 bits per heavy atom. The summed E-state index contributed by atoms with van der Waals surface area (Å²) in [5, 5.41) is 11.4. The molecule has 1 aromatic rings. The molecule has 0 unspecified atom stereocenters. The minimum Gasteiger partial charge on any atom is -0.351 e. The zero-order valence-electron chi connectivity index (χ0n) is 10.4. The molecule has 1 amide bonds. The van der Waals surface area contributed by atoms with Crippen molar-refractivity contribution in [2.45, 2.75) is 32.1 Å². The zero-order valence-corrected chi connectivity index (χ0v) is 11.9. The van der Waals surface area contributed by atoms with Crippen molar-refractivity contribution in [3.8, 4) is 0 Å². The Hall–Kier alpha value is -0.970. The smallest absolute Gasteiger partial charge is 0.252 e. The van der Waals surface area contributed by atoms with Crippen molar-refractivity contribution in [2.24, 2.45) is 5.41 Å². The topological polar surface area (TPSA) is 54.9 Å². The molecule has 0 aliphatic heterocycles. The van der Waals surface area contributed by atoms with Gasteiger partial charge in [-0.1, -0.05) is 35.2 Å². The lowest BCUT2D eigenvalue weighted by Gasteiger charge is -2.35. The first-order valence-corrected chi connectivity index (χ1v) is 7.49. The number of hydrogen-bond donors (Lipinski definition) is 1. The largest absolute Gasteiger partial charge is 0.351 e. The summed E-state index contributed by atoms with van der Waals surface area (Å²) in [5.74, 6) is -0.0594. The number of aromatic nitrogens is 2. The fourth-order valence-corrected chi connectivity index (χ4v) is 3.21. The fourth-order valence-electron chi connectivity index (χ4n) is 2.45. The molecule has 0 saturated heterocycles. The maximum absolute atomic E-state index is 12.0. The summed E-state index contributed by atoms with van der Waals surface area (Å²) in [6, 6.07) is 1.68. The molecule has 1 fully saturated rings. The van der Waals surface area contributed by atoms with Crippen LogP contribution in [0.15, 0.2) is 18.5 Å². The van der Waals surface area contributed by atoms with Gasteiger partial charge in [0.05, 0.1) is 18.0 Å². The Balaban J connectivity index is 1.92. The van der Waals surface area contributed by atoms with Crippen molar-refractivity contribution in [3.63, 3.8) is 0 Å². The van der Waals surface area contributed by atoms with Gasteiger partial charge in [0.25, 0.3) is 5.91 Å². The fraction of sp³-hybridized carbons (Fsp3) is 0.615. The predicted octanol–water partition coefficient (Wildman–Crippen LogP) is 2.55. The first-order valence-electron chi connectivity index (χ1n) is 6.37. The van der Waals surface area contributed by atoms with Crippen LogP contribution in [0.3, 0.4) is 0 Å². The molecule has 1 aliphatic rings. The third-order valence-corrected chi connectivity index (χ3v) is 4.86. The maximum atomic E-state index is 12.0. The Morgan fingerprint density at radius 2 is 2.11 bits per heavy atom. The van der Waals surface area contributed by atoms with Crippen LogP contribution in [0.4, 0.5) is 0 Å². The first-order chi connectivity index (χ1) is 8.76. The van der Waals surface area contributed by atoms with Crippen molar-refractivity contribution in [3.05, 3.63) is 24.0 Å². The van der Waals surface area contributed by atoms with E-state index in [4.69, 9.17) is 0 Å². The molecule has 1 heterocycles. The zero-order chi connectivity index (χ0) is 12.8. The van der Waals surface area contributed by atoms with Crippen molar-refractivity contribution in [1.82, 2.24) is 15.5 Å². The molecule has 18 heavy (non-hydrogen) atoms. The van der Waals surface area contributed by atoms with Gasteiger partial charge in [-0.05, 0) is 24.3 Å². The van der Waals surface area contributed by atoms with Crippen molar-refractivity contribution < 1.29 is 4.79 Å². The van der Waals surface area contributed by atoms with Gasteiger partial charge in [-0.3, -0.25) is 4.79 Å². The van der Waals surface area contributed by atoms with Crippen molar-refractivity contribution >= 4 is 21.8 Å². The average Bonchev–Trinajstić information content (AvgIpc) is 2.47. The summed E-state index contributed by atoms with van der Waals surface area (Å²) in [6.07, 6.45) is 9.25. The van der Waals surface area contributed by atoms with E-state index in [9.17, 15) is 4.79 Å². The highest BCUT2D eigenvalue weighted by Gasteiger charge is 2.31. The van der Waals surface area contributed by atoms with E-state index in [1.807, 2.05) is 0 Å². The molecule has 0 spiro atoms. The monoisotopic (exact) mass is 311 g/mol. The van der Waals surface area contributed by atoms with Crippen LogP contribution in [0.1, 0.15) is 42.5 Å². The van der Waals surface area contributed by atoms with Crippen LogP contribution in [-0.2, 0) is 0 Å². The highest BCUT2D eigenvalue weighted by Crippen LogP contribution is 2.37. The molecule has 1 N–H and O–H groups in total. The lowest BCUT2D eigenvalue weighted by atomic mass is 9.75. The van der Waals surface area contributed by atoms with E-state index >= 15 is 0 Å². The maximum Gasteiger partial charge on any atom is 0.252 e. The molecule has 1 saturated carbocycles. The second-order valence-corrected chi connectivity index (χ2v) is 5.57. The van der Waals surface area contributed by atoms with E-state index in [1.165, 1.54) is 44.5 Å². The van der Waals surface area contributed by atoms with Crippen LogP contribution in [0.5, 0.6) is 0 Å². The van der Waals surface area contributed by atoms with E-state index in [1.54, 1.807) is 6.07 Å². The van der Waals surface area contributed by atoms with Crippen LogP contribution in [0.25, 0.3) is 0 Å². The molecule has 5 heteroatoms. The third kappa shape index (κ3) is 3.28. The van der Waals surface area contributed by atoms with Gasteiger partial charge in [-0.2, -0.15) is 10.2 Å². The molecule has 1 aromatic heterocycles. The lowest BCUT2D eigenvalue weighted by Crippen LogP contribution is -2.40. The minimum atomic E-state index is -0.0594. The van der Waals surface area contributed by atoms with Crippen molar-refractivity contribution in [2.75, 3.05) is 11.9 Å². The highest BCUT2D eigenvalue weighted by molar-refractivity contribution is 9.09. The number of amides is 1. The lowest BCUT2D eigenvalue weighted by molar-refractivity contribution is 0.0921. The summed E-state index contributed by atoms with van der Waals surface area (Å²) >= 11 is 3.60. The third-order valence-electron chi connectivity index (χ3n) is 3.67. The summed E-state index contributed by atoms with van der Waals surface area (Å²) in [7, 11) is 0. The number of alkyl halides is 1. The number of hydrogen-bond acceptors (Lipinski definition) is 3. The number of carbonyl (C=O) groups is 1. The van der Waals surface area contributed by atoms with E-state index in [0.29, 0.717) is 5.56 Å². The molecule has 1 aliphatic carbocycles. The number of nitrogens with one attached hydrogen (secondary N) is 1. The summed E-state index contributed by atoms with van der Waals surface area (Å²) in [4.78, 5) is 12.0. The van der Waals surface area contributed by atoms with Crippen LogP contribution in [0.2, 0.25) is 0 Å². The summed E-state index contributed by atoms with van der Waals surface area (Å²) in [5.41, 5.74) is 0.805. The number of rotatable bonds is 4. The second kappa shape index (κ2) is 6.27. The average molecular weight is 312 g/mol. The van der Waals surface area contributed by atoms with Crippen LogP contribution in [-0.4, -0.2) is 28.0 Å². The van der Waals surface area contributed by atoms with Crippen LogP contribution < -0.4 is 5.32 Å². The molecule has 98 valence electrons. The van der Waals surface area contributed by atoms with Gasteiger partial charge < -0.3 is 5.32 Å². The van der Waals surface area contributed by atoms with Crippen LogP contribution in [0, 0.1) is 5.41 Å². The molecule has 0 radical (unpaired) electrons. The standard InChI is InChI=1S/C13H18BrN3O/c14-9-13(5-2-1-3-6-13)10-15-12(18)11-4-7-16-17-8-11/h4,7-8H,1-3,5-6,9-10H2,(H,15,18). The SMILES string of the molecule is O=C(NCC1(CBr)CCCCC1)c1ccnnc1. The molecule has 2 rings (SSSR count). The van der Waals surface area contributed by atoms with Crippen molar-refractivity contribution in [1.29, 1.82) is 0 Å². The van der Waals surface area contributed by atoms with Gasteiger partial charge in [-0.15, -0.1) is 0 Å². The number of nitrogens with zero attached hydrogens (tertiary/aromatic N) is 2. The van der Waals surface area contributed by atoms with E-state index < -0.39 is 0 Å². The predicted molar refractivity (Wildman–Crippen MR) is 73.7 cm³/mol. The quantitative estimate of drug-likeness (QED) is 0.869.